The Morgan fingerprint density at radius 3 is 2.45 bits per heavy atom. The lowest BCUT2D eigenvalue weighted by molar-refractivity contribution is 0.0939. The molecule has 0 radical (unpaired) electrons. The largest absolute Gasteiger partial charge is 0.345 e. The summed E-state index contributed by atoms with van der Waals surface area (Å²) in [6.45, 7) is 5.78. The Bertz CT molecular complexity index is 684. The second-order valence-electron chi connectivity index (χ2n) is 5.18. The Hall–Kier alpha value is -1.58. The first kappa shape index (κ1) is 16.8. The van der Waals surface area contributed by atoms with E-state index in [1.165, 1.54) is 11.8 Å². The van der Waals surface area contributed by atoms with Gasteiger partial charge in [-0.2, -0.15) is 0 Å². The number of nitrogens with one attached hydrogen (secondary N) is 1. The van der Waals surface area contributed by atoms with Crippen LogP contribution in [0, 0.1) is 6.92 Å². The fraction of sp³-hybridized carbons (Fsp3) is 0.294. The molecule has 3 nitrogen and oxygen atoms in total. The van der Waals surface area contributed by atoms with E-state index in [4.69, 9.17) is 23.2 Å². The fourth-order valence-electron chi connectivity index (χ4n) is 2.11. The summed E-state index contributed by atoms with van der Waals surface area (Å²) >= 11 is 12.2. The molecule has 22 heavy (non-hydrogen) atoms. The molecule has 116 valence electrons. The zero-order valence-electron chi connectivity index (χ0n) is 12.8. The molecule has 0 aliphatic carbocycles. The van der Waals surface area contributed by atoms with E-state index in [9.17, 15) is 4.79 Å². The molecule has 2 aromatic rings. The molecule has 2 rings (SSSR count). The number of nitrogens with zero attached hydrogens (tertiary/aromatic N) is 1. The van der Waals surface area contributed by atoms with Gasteiger partial charge < -0.3 is 5.32 Å². The van der Waals surface area contributed by atoms with Crippen molar-refractivity contribution in [2.24, 2.45) is 0 Å². The summed E-state index contributed by atoms with van der Waals surface area (Å²) in [6, 6.07) is 8.04. The van der Waals surface area contributed by atoms with Gasteiger partial charge >= 0.3 is 0 Å². The molecule has 0 spiro atoms. The van der Waals surface area contributed by atoms with Crippen LogP contribution in [0.1, 0.15) is 47.1 Å². The predicted molar refractivity (Wildman–Crippen MR) is 90.7 cm³/mol. The number of amides is 1. The predicted octanol–water partition coefficient (Wildman–Crippen LogP) is 4.75. The van der Waals surface area contributed by atoms with Gasteiger partial charge in [-0.3, -0.25) is 9.78 Å². The molecule has 0 bridgehead atoms. The number of carbonyl (C=O) groups is 1. The fourth-order valence-corrected chi connectivity index (χ4v) is 2.53. The second kappa shape index (κ2) is 7.12. The number of rotatable bonds is 4. The van der Waals surface area contributed by atoms with Crippen LogP contribution in [0.5, 0.6) is 0 Å². The van der Waals surface area contributed by atoms with Crippen molar-refractivity contribution in [1.82, 2.24) is 10.3 Å². The van der Waals surface area contributed by atoms with Gasteiger partial charge in [-0.05, 0) is 31.4 Å². The normalized spacial score (nSPS) is 12.0. The summed E-state index contributed by atoms with van der Waals surface area (Å²) in [5.41, 5.74) is 3.19. The summed E-state index contributed by atoms with van der Waals surface area (Å²) < 4.78 is 0. The van der Waals surface area contributed by atoms with Gasteiger partial charge in [0.2, 0.25) is 0 Å². The molecular weight excluding hydrogens is 319 g/mol. The van der Waals surface area contributed by atoms with Gasteiger partial charge in [0.1, 0.15) is 0 Å². The first-order valence-electron chi connectivity index (χ1n) is 7.14. The molecule has 1 heterocycles. The standard InChI is InChI=1S/C17H18Cl2N2O/c1-4-12-5-7-13(8-6-12)10(2)21-17(22)14-9-20-11(3)15(18)16(14)19/h5-10H,4H2,1-3H3,(H,21,22). The van der Waals surface area contributed by atoms with Gasteiger partial charge in [0.25, 0.3) is 5.91 Å². The molecule has 1 aromatic heterocycles. The van der Waals surface area contributed by atoms with Gasteiger partial charge in [0.15, 0.2) is 0 Å². The van der Waals surface area contributed by atoms with E-state index in [1.54, 1.807) is 6.92 Å². The van der Waals surface area contributed by atoms with E-state index >= 15 is 0 Å². The number of pyridine rings is 1. The Morgan fingerprint density at radius 1 is 1.23 bits per heavy atom. The van der Waals surface area contributed by atoms with E-state index in [0.717, 1.165) is 12.0 Å². The smallest absolute Gasteiger partial charge is 0.254 e. The third kappa shape index (κ3) is 3.60. The highest BCUT2D eigenvalue weighted by Gasteiger charge is 2.17. The highest BCUT2D eigenvalue weighted by Crippen LogP contribution is 2.28. The van der Waals surface area contributed by atoms with E-state index in [0.29, 0.717) is 10.7 Å². The van der Waals surface area contributed by atoms with Crippen LogP contribution in [0.25, 0.3) is 0 Å². The minimum Gasteiger partial charge on any atom is -0.345 e. The number of aromatic nitrogens is 1. The van der Waals surface area contributed by atoms with Crippen molar-refractivity contribution in [3.63, 3.8) is 0 Å². The van der Waals surface area contributed by atoms with Crippen molar-refractivity contribution in [2.75, 3.05) is 0 Å². The molecule has 0 aliphatic heterocycles. The lowest BCUT2D eigenvalue weighted by Gasteiger charge is -2.16. The molecule has 1 amide bonds. The maximum absolute atomic E-state index is 12.3. The minimum absolute atomic E-state index is 0.130. The van der Waals surface area contributed by atoms with E-state index < -0.39 is 0 Å². The van der Waals surface area contributed by atoms with Gasteiger partial charge in [0.05, 0.1) is 27.3 Å². The molecule has 0 fully saturated rings. The number of hydrogen-bond acceptors (Lipinski definition) is 2. The van der Waals surface area contributed by atoms with Gasteiger partial charge in [-0.1, -0.05) is 54.4 Å². The Morgan fingerprint density at radius 2 is 1.86 bits per heavy atom. The molecular formula is C17H18Cl2N2O. The molecule has 1 aromatic carbocycles. The first-order chi connectivity index (χ1) is 10.4. The average molecular weight is 337 g/mol. The van der Waals surface area contributed by atoms with Crippen molar-refractivity contribution in [3.8, 4) is 0 Å². The maximum atomic E-state index is 12.3. The van der Waals surface area contributed by atoms with Crippen molar-refractivity contribution >= 4 is 29.1 Å². The lowest BCUT2D eigenvalue weighted by Crippen LogP contribution is -2.27. The van der Waals surface area contributed by atoms with Crippen molar-refractivity contribution in [1.29, 1.82) is 0 Å². The lowest BCUT2D eigenvalue weighted by atomic mass is 10.0. The number of hydrogen-bond donors (Lipinski definition) is 1. The molecule has 5 heteroatoms. The first-order valence-corrected chi connectivity index (χ1v) is 7.90. The van der Waals surface area contributed by atoms with Crippen LogP contribution in [0.15, 0.2) is 30.5 Å². The van der Waals surface area contributed by atoms with Gasteiger partial charge in [-0.25, -0.2) is 0 Å². The molecule has 0 aliphatic rings. The van der Waals surface area contributed by atoms with Gasteiger partial charge in [0, 0.05) is 6.20 Å². The second-order valence-corrected chi connectivity index (χ2v) is 5.93. The third-order valence-electron chi connectivity index (χ3n) is 3.61. The summed E-state index contributed by atoms with van der Waals surface area (Å²) in [7, 11) is 0. The van der Waals surface area contributed by atoms with Crippen molar-refractivity contribution in [3.05, 3.63) is 62.9 Å². The highest BCUT2D eigenvalue weighted by atomic mass is 35.5. The number of halogens is 2. The number of aryl methyl sites for hydroxylation is 2. The van der Waals surface area contributed by atoms with E-state index in [2.05, 4.69) is 29.4 Å². The van der Waals surface area contributed by atoms with Crippen LogP contribution >= 0.6 is 23.2 Å². The zero-order chi connectivity index (χ0) is 16.3. The molecule has 0 saturated carbocycles. The van der Waals surface area contributed by atoms with Crippen LogP contribution in [0.3, 0.4) is 0 Å². The van der Waals surface area contributed by atoms with Crippen LogP contribution in [-0.2, 0) is 6.42 Å². The Balaban J connectivity index is 2.15. The molecule has 0 saturated heterocycles. The third-order valence-corrected chi connectivity index (χ3v) is 4.57. The van der Waals surface area contributed by atoms with Crippen molar-refractivity contribution in [2.45, 2.75) is 33.2 Å². The SMILES string of the molecule is CCc1ccc(C(C)NC(=O)c2cnc(C)c(Cl)c2Cl)cc1. The maximum Gasteiger partial charge on any atom is 0.254 e. The minimum atomic E-state index is -0.286. The topological polar surface area (TPSA) is 42.0 Å². The summed E-state index contributed by atoms with van der Waals surface area (Å²) in [6.07, 6.45) is 2.44. The average Bonchev–Trinajstić information content (AvgIpc) is 2.52. The summed E-state index contributed by atoms with van der Waals surface area (Å²) in [5, 5.41) is 3.47. The van der Waals surface area contributed by atoms with Crippen LogP contribution in [-0.4, -0.2) is 10.9 Å². The molecule has 1 unspecified atom stereocenters. The number of carbonyl (C=O) groups excluding carboxylic acids is 1. The zero-order valence-corrected chi connectivity index (χ0v) is 14.3. The monoisotopic (exact) mass is 336 g/mol. The van der Waals surface area contributed by atoms with E-state index in [1.807, 2.05) is 19.1 Å². The van der Waals surface area contributed by atoms with Crippen molar-refractivity contribution < 1.29 is 4.79 Å². The van der Waals surface area contributed by atoms with Crippen LogP contribution in [0.2, 0.25) is 10.0 Å². The number of benzene rings is 1. The van der Waals surface area contributed by atoms with Gasteiger partial charge in [-0.15, -0.1) is 0 Å². The Kier molecular flexibility index (Phi) is 5.43. The highest BCUT2D eigenvalue weighted by molar-refractivity contribution is 6.44. The van der Waals surface area contributed by atoms with Crippen LogP contribution in [0.4, 0.5) is 0 Å². The molecule has 1 N–H and O–H groups in total. The van der Waals surface area contributed by atoms with Crippen LogP contribution < -0.4 is 5.32 Å². The molecule has 1 atom stereocenters. The van der Waals surface area contributed by atoms with E-state index in [-0.39, 0.29) is 22.5 Å². The summed E-state index contributed by atoms with van der Waals surface area (Å²) in [5.74, 6) is -0.286. The quantitative estimate of drug-likeness (QED) is 0.875. The Labute approximate surface area is 140 Å². The summed E-state index contributed by atoms with van der Waals surface area (Å²) in [4.78, 5) is 16.4.